The van der Waals surface area contributed by atoms with Crippen LogP contribution in [0.4, 0.5) is 0 Å². The molecule has 0 unspecified atom stereocenters. The second-order valence-corrected chi connectivity index (χ2v) is 20.1. The Morgan fingerprint density at radius 1 is 0.195 bits per heavy atom. The normalized spacial score (nSPS) is 11.6. The van der Waals surface area contributed by atoms with Crippen molar-refractivity contribution in [2.45, 2.75) is 0 Å². The monoisotopic (exact) mass is 977 g/mol. The lowest BCUT2D eigenvalue weighted by atomic mass is 9.83. The van der Waals surface area contributed by atoms with E-state index in [-0.39, 0.29) is 0 Å². The minimum atomic E-state index is 0.793. The summed E-state index contributed by atoms with van der Waals surface area (Å²) in [5, 5.41) is 24.3. The van der Waals surface area contributed by atoms with Crippen LogP contribution in [0.2, 0.25) is 0 Å². The van der Waals surface area contributed by atoms with Crippen molar-refractivity contribution >= 4 is 64.6 Å². The second-order valence-electron chi connectivity index (χ2n) is 20.1. The van der Waals surface area contributed by atoms with Crippen LogP contribution in [0.25, 0.3) is 149 Å². The summed E-state index contributed by atoms with van der Waals surface area (Å²) in [6, 6.07) is 104. The number of benzene rings is 14. The SMILES string of the molecule is c1ccc(-c2nnc(-c3ccc(-c4c5ccccc5c(-c5cccc(-c6ccc7c(-c8ccc9ccccc9c8)c8ccccc8c(-c8ccc9ccccc9c8)c7c6)c5)c5ccccc45)cc3)n2-c2ccccc2)cc1. The molecule has 0 aliphatic heterocycles. The standard InChI is InChI=1S/C74H47N3/c1-3-20-51(21-4-1)73-75-76-74(77(73)60-26-5-2-6-27-60)52-38-36-50(37-39-52)69-61-28-11-13-30-63(61)70(64-31-14-12-29-62(64)69)57-25-17-24-55(46-57)56-42-43-67-68(47-56)72(59-41-35-49-19-8-10-23-54(49)45-59)66-33-16-15-32-65(66)71(67)58-40-34-48-18-7-9-22-53(48)44-58/h1-47H. The van der Waals surface area contributed by atoms with E-state index in [0.717, 1.165) is 34.0 Å². The van der Waals surface area contributed by atoms with E-state index >= 15 is 0 Å². The first-order valence-electron chi connectivity index (χ1n) is 26.4. The second kappa shape index (κ2) is 18.3. The van der Waals surface area contributed by atoms with Crippen molar-refractivity contribution in [3.8, 4) is 84.1 Å². The summed E-state index contributed by atoms with van der Waals surface area (Å²) in [7, 11) is 0. The maximum Gasteiger partial charge on any atom is 0.168 e. The fraction of sp³-hybridized carbons (Fsp3) is 0. The Labute approximate surface area is 446 Å². The molecule has 0 aliphatic rings. The van der Waals surface area contributed by atoms with Crippen LogP contribution in [0.3, 0.4) is 0 Å². The largest absolute Gasteiger partial charge is 0.275 e. The Morgan fingerprint density at radius 3 is 1.06 bits per heavy atom. The van der Waals surface area contributed by atoms with Gasteiger partial charge in [-0.2, -0.15) is 0 Å². The minimum absolute atomic E-state index is 0.793. The number of fused-ring (bicyclic) bond motifs is 6. The zero-order valence-corrected chi connectivity index (χ0v) is 42.0. The molecule has 15 aromatic rings. The van der Waals surface area contributed by atoms with Crippen LogP contribution < -0.4 is 0 Å². The van der Waals surface area contributed by atoms with Gasteiger partial charge in [-0.3, -0.25) is 4.57 Å². The van der Waals surface area contributed by atoms with Gasteiger partial charge in [0.15, 0.2) is 11.6 Å². The fourth-order valence-corrected chi connectivity index (χ4v) is 12.1. The van der Waals surface area contributed by atoms with E-state index in [1.165, 1.54) is 115 Å². The molecule has 1 aromatic heterocycles. The molecule has 77 heavy (non-hydrogen) atoms. The van der Waals surface area contributed by atoms with Gasteiger partial charge in [0.05, 0.1) is 0 Å². The Bertz CT molecular complexity index is 4730. The van der Waals surface area contributed by atoms with E-state index in [9.17, 15) is 0 Å². The zero-order valence-electron chi connectivity index (χ0n) is 42.0. The van der Waals surface area contributed by atoms with Crippen molar-refractivity contribution in [1.82, 2.24) is 14.8 Å². The summed E-state index contributed by atoms with van der Waals surface area (Å²) in [4.78, 5) is 0. The maximum atomic E-state index is 4.81. The summed E-state index contributed by atoms with van der Waals surface area (Å²) in [6.45, 7) is 0. The smallest absolute Gasteiger partial charge is 0.168 e. The topological polar surface area (TPSA) is 30.7 Å². The predicted octanol–water partition coefficient (Wildman–Crippen LogP) is 19.9. The van der Waals surface area contributed by atoms with E-state index in [4.69, 9.17) is 10.2 Å². The van der Waals surface area contributed by atoms with E-state index in [1.54, 1.807) is 0 Å². The average molecular weight is 978 g/mol. The molecule has 0 bridgehead atoms. The van der Waals surface area contributed by atoms with Crippen molar-refractivity contribution < 1.29 is 0 Å². The molecule has 15 rings (SSSR count). The first-order valence-corrected chi connectivity index (χ1v) is 26.4. The average Bonchev–Trinajstić information content (AvgIpc) is 3.96. The Morgan fingerprint density at radius 2 is 0.532 bits per heavy atom. The molecule has 0 atom stereocenters. The zero-order chi connectivity index (χ0) is 50.8. The molecule has 1 heterocycles. The van der Waals surface area contributed by atoms with Gasteiger partial charge in [0.2, 0.25) is 0 Å². The highest BCUT2D eigenvalue weighted by atomic mass is 15.3. The van der Waals surface area contributed by atoms with Crippen LogP contribution in [0.15, 0.2) is 285 Å². The molecular formula is C74H47N3. The van der Waals surface area contributed by atoms with Gasteiger partial charge in [-0.15, -0.1) is 10.2 Å². The summed E-state index contributed by atoms with van der Waals surface area (Å²) in [5.74, 6) is 1.60. The minimum Gasteiger partial charge on any atom is -0.275 e. The molecule has 0 N–H and O–H groups in total. The van der Waals surface area contributed by atoms with Gasteiger partial charge in [-0.25, -0.2) is 0 Å². The van der Waals surface area contributed by atoms with E-state index in [0.29, 0.717) is 0 Å². The number of hydrogen-bond acceptors (Lipinski definition) is 2. The lowest BCUT2D eigenvalue weighted by Crippen LogP contribution is -2.00. The van der Waals surface area contributed by atoms with Crippen LogP contribution in [-0.4, -0.2) is 14.8 Å². The molecular weight excluding hydrogens is 931 g/mol. The summed E-state index contributed by atoms with van der Waals surface area (Å²) >= 11 is 0. The van der Waals surface area contributed by atoms with Crippen molar-refractivity contribution in [2.24, 2.45) is 0 Å². The lowest BCUT2D eigenvalue weighted by Gasteiger charge is -2.20. The number of aromatic nitrogens is 3. The van der Waals surface area contributed by atoms with Gasteiger partial charge >= 0.3 is 0 Å². The summed E-state index contributed by atoms with van der Waals surface area (Å²) in [6.07, 6.45) is 0. The molecule has 358 valence electrons. The van der Waals surface area contributed by atoms with Crippen molar-refractivity contribution in [3.05, 3.63) is 285 Å². The van der Waals surface area contributed by atoms with Crippen LogP contribution in [-0.2, 0) is 0 Å². The molecule has 0 saturated heterocycles. The van der Waals surface area contributed by atoms with Gasteiger partial charge in [-0.1, -0.05) is 249 Å². The fourth-order valence-electron chi connectivity index (χ4n) is 12.1. The molecule has 3 heteroatoms. The third-order valence-corrected chi connectivity index (χ3v) is 15.7. The quantitative estimate of drug-likeness (QED) is 0.142. The number of hydrogen-bond donors (Lipinski definition) is 0. The van der Waals surface area contributed by atoms with Gasteiger partial charge < -0.3 is 0 Å². The molecule has 0 aliphatic carbocycles. The van der Waals surface area contributed by atoms with Crippen LogP contribution in [0.5, 0.6) is 0 Å². The Balaban J connectivity index is 0.885. The van der Waals surface area contributed by atoms with Gasteiger partial charge in [0.1, 0.15) is 0 Å². The third-order valence-electron chi connectivity index (χ3n) is 15.7. The van der Waals surface area contributed by atoms with Crippen molar-refractivity contribution in [3.63, 3.8) is 0 Å². The summed E-state index contributed by atoms with van der Waals surface area (Å²) < 4.78 is 2.16. The first kappa shape index (κ1) is 44.3. The van der Waals surface area contributed by atoms with Crippen molar-refractivity contribution in [1.29, 1.82) is 0 Å². The molecule has 0 fully saturated rings. The molecule has 0 radical (unpaired) electrons. The Hall–Kier alpha value is -10.2. The van der Waals surface area contributed by atoms with Crippen LogP contribution >= 0.6 is 0 Å². The highest BCUT2D eigenvalue weighted by molar-refractivity contribution is 6.24. The van der Waals surface area contributed by atoms with E-state index in [2.05, 4.69) is 265 Å². The van der Waals surface area contributed by atoms with Gasteiger partial charge in [0, 0.05) is 16.8 Å². The van der Waals surface area contributed by atoms with Crippen molar-refractivity contribution in [2.75, 3.05) is 0 Å². The predicted molar refractivity (Wildman–Crippen MR) is 324 cm³/mol. The highest BCUT2D eigenvalue weighted by Crippen LogP contribution is 2.48. The molecule has 0 spiro atoms. The third kappa shape index (κ3) is 7.51. The molecule has 3 nitrogen and oxygen atoms in total. The molecule has 0 amide bonds. The van der Waals surface area contributed by atoms with E-state index in [1.807, 2.05) is 24.3 Å². The highest BCUT2D eigenvalue weighted by Gasteiger charge is 2.22. The number of rotatable bonds is 8. The van der Waals surface area contributed by atoms with Crippen LogP contribution in [0.1, 0.15) is 0 Å². The maximum absolute atomic E-state index is 4.81. The summed E-state index contributed by atoms with van der Waals surface area (Å²) in [5.41, 5.74) is 15.0. The van der Waals surface area contributed by atoms with Gasteiger partial charge in [-0.05, 0) is 157 Å². The Kier molecular flexibility index (Phi) is 10.5. The van der Waals surface area contributed by atoms with Crippen LogP contribution in [0, 0.1) is 0 Å². The number of nitrogens with zero attached hydrogens (tertiary/aromatic N) is 3. The van der Waals surface area contributed by atoms with E-state index < -0.39 is 0 Å². The molecule has 0 saturated carbocycles. The van der Waals surface area contributed by atoms with Gasteiger partial charge in [0.25, 0.3) is 0 Å². The number of para-hydroxylation sites is 1. The molecule has 14 aromatic carbocycles. The first-order chi connectivity index (χ1) is 38.2. The lowest BCUT2D eigenvalue weighted by molar-refractivity contribution is 1.07.